The average Bonchev–Trinajstić information content (AvgIpc) is 2.83. The van der Waals surface area contributed by atoms with E-state index >= 15 is 0 Å². The van der Waals surface area contributed by atoms with E-state index in [1.807, 2.05) is 0 Å². The van der Waals surface area contributed by atoms with Crippen molar-refractivity contribution in [1.29, 1.82) is 0 Å². The van der Waals surface area contributed by atoms with Gasteiger partial charge in [-0.15, -0.1) is 0 Å². The van der Waals surface area contributed by atoms with Gasteiger partial charge in [-0.2, -0.15) is 5.10 Å². The van der Waals surface area contributed by atoms with Crippen LogP contribution in [-0.2, 0) is 11.8 Å². The summed E-state index contributed by atoms with van der Waals surface area (Å²) in [4.78, 5) is 22.4. The fraction of sp³-hybridized carbons (Fsp3) is 0.154. The minimum absolute atomic E-state index is 0.210. The second kappa shape index (κ2) is 5.84. The summed E-state index contributed by atoms with van der Waals surface area (Å²) >= 11 is 6.03. The van der Waals surface area contributed by atoms with Crippen molar-refractivity contribution >= 4 is 29.2 Å². The van der Waals surface area contributed by atoms with Crippen molar-refractivity contribution in [3.05, 3.63) is 46.7 Å². The molecule has 0 bridgehead atoms. The number of hydrogen-bond donors (Lipinski definition) is 3. The zero-order valence-corrected chi connectivity index (χ0v) is 11.8. The molecule has 1 amide bonds. The first-order valence-electron chi connectivity index (χ1n) is 5.95. The summed E-state index contributed by atoms with van der Waals surface area (Å²) in [6, 6.07) is 3.36. The molecule has 0 aliphatic carbocycles. The van der Waals surface area contributed by atoms with Crippen molar-refractivity contribution < 1.29 is 14.7 Å². The number of nitrogens with zero attached hydrogens (tertiary/aromatic N) is 2. The Morgan fingerprint density at radius 1 is 1.48 bits per heavy atom. The first kappa shape index (κ1) is 14.9. The van der Waals surface area contributed by atoms with E-state index in [9.17, 15) is 14.7 Å². The molecule has 2 rings (SSSR count). The quantitative estimate of drug-likeness (QED) is 0.773. The van der Waals surface area contributed by atoms with Crippen molar-refractivity contribution in [2.75, 3.05) is 5.32 Å². The number of hydrogen-bond acceptors (Lipinski definition) is 4. The lowest BCUT2D eigenvalue weighted by molar-refractivity contribution is -0.138. The molecular formula is C13H13ClN4O3. The van der Waals surface area contributed by atoms with E-state index in [0.29, 0.717) is 11.3 Å². The number of nitrogens with one attached hydrogen (secondary N) is 1. The summed E-state index contributed by atoms with van der Waals surface area (Å²) in [6.45, 7) is 0. The van der Waals surface area contributed by atoms with Crippen LogP contribution in [0.3, 0.4) is 0 Å². The van der Waals surface area contributed by atoms with Gasteiger partial charge in [0.15, 0.2) is 6.04 Å². The highest BCUT2D eigenvalue weighted by atomic mass is 35.5. The number of primary amides is 1. The Morgan fingerprint density at radius 2 is 2.19 bits per heavy atom. The van der Waals surface area contributed by atoms with Gasteiger partial charge in [-0.25, -0.2) is 4.79 Å². The third kappa shape index (κ3) is 3.32. The first-order chi connectivity index (χ1) is 9.88. The third-order valence-corrected chi connectivity index (χ3v) is 3.17. The normalized spacial score (nSPS) is 11.9. The molecule has 110 valence electrons. The molecule has 2 aromatic rings. The first-order valence-corrected chi connectivity index (χ1v) is 6.33. The van der Waals surface area contributed by atoms with Crippen LogP contribution in [0.15, 0.2) is 30.6 Å². The van der Waals surface area contributed by atoms with Crippen LogP contribution in [0, 0.1) is 0 Å². The van der Waals surface area contributed by atoms with E-state index in [0.717, 1.165) is 0 Å². The monoisotopic (exact) mass is 308 g/mol. The molecule has 0 saturated carbocycles. The summed E-state index contributed by atoms with van der Waals surface area (Å²) in [6.07, 6.45) is 3.05. The van der Waals surface area contributed by atoms with Crippen LogP contribution in [0.2, 0.25) is 5.02 Å². The molecule has 8 heteroatoms. The maximum Gasteiger partial charge on any atom is 0.330 e. The Labute approximate surface area is 125 Å². The van der Waals surface area contributed by atoms with Crippen LogP contribution in [0.5, 0.6) is 0 Å². The van der Waals surface area contributed by atoms with Gasteiger partial charge in [0.25, 0.3) is 0 Å². The second-order valence-corrected chi connectivity index (χ2v) is 4.83. The lowest BCUT2D eigenvalue weighted by atomic mass is 10.1. The lowest BCUT2D eigenvalue weighted by Crippen LogP contribution is -2.20. The molecular weight excluding hydrogens is 296 g/mol. The highest BCUT2D eigenvalue weighted by Gasteiger charge is 2.22. The molecule has 1 unspecified atom stereocenters. The van der Waals surface area contributed by atoms with Crippen LogP contribution >= 0.6 is 11.6 Å². The number of nitrogens with two attached hydrogens (primary N) is 1. The van der Waals surface area contributed by atoms with Gasteiger partial charge in [-0.05, 0) is 18.2 Å². The number of carbonyl (C=O) groups is 2. The number of benzene rings is 1. The molecule has 0 radical (unpaired) electrons. The van der Waals surface area contributed by atoms with Gasteiger partial charge in [0, 0.05) is 24.4 Å². The number of aromatic nitrogens is 2. The molecule has 0 aliphatic heterocycles. The second-order valence-electron chi connectivity index (χ2n) is 4.42. The maximum atomic E-state index is 11.4. The smallest absolute Gasteiger partial charge is 0.330 e. The number of carboxylic acids is 1. The van der Waals surface area contributed by atoms with Crippen LogP contribution in [0.1, 0.15) is 22.0 Å². The number of rotatable bonds is 5. The standard InChI is InChI=1S/C13H13ClN4O3/c1-18-6-8(5-16-18)11(13(20)21)17-10-3-2-7(12(15)19)4-9(10)14/h2-6,11,17H,1H3,(H2,15,19)(H,20,21). The average molecular weight is 309 g/mol. The highest BCUT2D eigenvalue weighted by Crippen LogP contribution is 2.27. The van der Waals surface area contributed by atoms with Crippen LogP contribution in [0.4, 0.5) is 5.69 Å². The van der Waals surface area contributed by atoms with Gasteiger partial charge in [0.05, 0.1) is 16.9 Å². The van der Waals surface area contributed by atoms with Crippen LogP contribution in [-0.4, -0.2) is 26.8 Å². The Balaban J connectivity index is 2.29. The van der Waals surface area contributed by atoms with E-state index < -0.39 is 17.9 Å². The minimum atomic E-state index is -1.07. The topological polar surface area (TPSA) is 110 Å². The summed E-state index contributed by atoms with van der Waals surface area (Å²) < 4.78 is 1.50. The zero-order chi connectivity index (χ0) is 15.6. The largest absolute Gasteiger partial charge is 0.479 e. The maximum absolute atomic E-state index is 11.4. The van der Waals surface area contributed by atoms with Gasteiger partial charge < -0.3 is 16.2 Å². The SMILES string of the molecule is Cn1cc(C(Nc2ccc(C(N)=O)cc2Cl)C(=O)O)cn1. The molecule has 0 fully saturated rings. The van der Waals surface area contributed by atoms with Crippen molar-refractivity contribution in [3.8, 4) is 0 Å². The summed E-state index contributed by atoms with van der Waals surface area (Å²) in [5.41, 5.74) is 6.27. The number of aryl methyl sites for hydroxylation is 1. The van der Waals surface area contributed by atoms with Gasteiger partial charge in [0.1, 0.15) is 0 Å². The minimum Gasteiger partial charge on any atom is -0.479 e. The molecule has 1 aromatic heterocycles. The number of aliphatic carboxylic acids is 1. The summed E-state index contributed by atoms with van der Waals surface area (Å²) in [5, 5.41) is 16.3. The molecule has 1 atom stereocenters. The van der Waals surface area contributed by atoms with Crippen LogP contribution in [0.25, 0.3) is 0 Å². The number of amides is 1. The Bertz CT molecular complexity index is 698. The number of carbonyl (C=O) groups excluding carboxylic acids is 1. The van der Waals surface area contributed by atoms with Crippen molar-refractivity contribution in [2.45, 2.75) is 6.04 Å². The fourth-order valence-electron chi connectivity index (χ4n) is 1.82. The van der Waals surface area contributed by atoms with Crippen LogP contribution < -0.4 is 11.1 Å². The Hall–Kier alpha value is -2.54. The van der Waals surface area contributed by atoms with Crippen molar-refractivity contribution in [3.63, 3.8) is 0 Å². The highest BCUT2D eigenvalue weighted by molar-refractivity contribution is 6.33. The molecule has 7 nitrogen and oxygen atoms in total. The van der Waals surface area contributed by atoms with E-state index in [2.05, 4.69) is 10.4 Å². The molecule has 1 aromatic carbocycles. The van der Waals surface area contributed by atoms with Gasteiger partial charge in [-0.1, -0.05) is 11.6 Å². The molecule has 0 spiro atoms. The van der Waals surface area contributed by atoms with Gasteiger partial charge in [0.2, 0.25) is 5.91 Å². The Morgan fingerprint density at radius 3 is 2.67 bits per heavy atom. The summed E-state index contributed by atoms with van der Waals surface area (Å²) in [5.74, 6) is -1.68. The van der Waals surface area contributed by atoms with E-state index in [1.165, 1.54) is 29.1 Å². The van der Waals surface area contributed by atoms with Gasteiger partial charge >= 0.3 is 5.97 Å². The predicted molar refractivity (Wildman–Crippen MR) is 77.2 cm³/mol. The van der Waals surface area contributed by atoms with Crippen molar-refractivity contribution in [1.82, 2.24) is 9.78 Å². The van der Waals surface area contributed by atoms with E-state index in [4.69, 9.17) is 17.3 Å². The number of anilines is 1. The lowest BCUT2D eigenvalue weighted by Gasteiger charge is -2.15. The van der Waals surface area contributed by atoms with E-state index in [-0.39, 0.29) is 10.6 Å². The van der Waals surface area contributed by atoms with Gasteiger partial charge in [-0.3, -0.25) is 9.48 Å². The van der Waals surface area contributed by atoms with Crippen molar-refractivity contribution in [2.24, 2.45) is 12.8 Å². The molecule has 0 aliphatic rings. The summed E-state index contributed by atoms with van der Waals surface area (Å²) in [7, 11) is 1.69. The molecule has 21 heavy (non-hydrogen) atoms. The molecule has 4 N–H and O–H groups in total. The predicted octanol–water partition coefficient (Wildman–Crippen LogP) is 1.41. The third-order valence-electron chi connectivity index (χ3n) is 2.86. The Kier molecular flexibility index (Phi) is 4.13. The molecule has 1 heterocycles. The number of carboxylic acid groups (broad SMARTS) is 1. The zero-order valence-electron chi connectivity index (χ0n) is 11.1. The molecule has 0 saturated heterocycles. The van der Waals surface area contributed by atoms with E-state index in [1.54, 1.807) is 13.2 Å². The fourth-order valence-corrected chi connectivity index (χ4v) is 2.05. The number of halogens is 1.